The number of amides is 1. The van der Waals surface area contributed by atoms with Gasteiger partial charge in [0.1, 0.15) is 0 Å². The Labute approximate surface area is 217 Å². The molecule has 0 aliphatic carbocycles. The third-order valence-corrected chi connectivity index (χ3v) is 8.95. The summed E-state index contributed by atoms with van der Waals surface area (Å²) in [6.45, 7) is 2.59. The minimum absolute atomic E-state index is 0.0642. The lowest BCUT2D eigenvalue weighted by Crippen LogP contribution is -2.44. The van der Waals surface area contributed by atoms with Crippen LogP contribution in [0.1, 0.15) is 41.1 Å². The van der Waals surface area contributed by atoms with E-state index in [9.17, 15) is 13.2 Å². The number of halogens is 2. The molecule has 5 nitrogen and oxygen atoms in total. The van der Waals surface area contributed by atoms with Crippen LogP contribution in [-0.4, -0.2) is 31.7 Å². The number of sulfonamides is 1. The number of benzene rings is 3. The Morgan fingerprint density at radius 2 is 1.49 bits per heavy atom. The van der Waals surface area contributed by atoms with E-state index >= 15 is 0 Å². The summed E-state index contributed by atoms with van der Waals surface area (Å²) < 4.78 is 27.5. The molecule has 35 heavy (non-hydrogen) atoms. The molecule has 8 heteroatoms. The highest BCUT2D eigenvalue weighted by molar-refractivity contribution is 7.88. The number of nitrogens with one attached hydrogen (secondary N) is 1. The topological polar surface area (TPSA) is 66.5 Å². The highest BCUT2D eigenvalue weighted by Crippen LogP contribution is 2.30. The van der Waals surface area contributed by atoms with E-state index in [2.05, 4.69) is 5.32 Å². The van der Waals surface area contributed by atoms with Gasteiger partial charge in [0.2, 0.25) is 15.9 Å². The van der Waals surface area contributed by atoms with Crippen LogP contribution in [0.5, 0.6) is 0 Å². The number of nitrogens with zero attached hydrogens (tertiary/aromatic N) is 1. The van der Waals surface area contributed by atoms with Gasteiger partial charge in [0, 0.05) is 34.6 Å². The molecule has 1 N–H and O–H groups in total. The molecule has 1 fully saturated rings. The molecular weight excluding hydrogens is 503 g/mol. The zero-order valence-electron chi connectivity index (χ0n) is 19.5. The molecule has 3 aromatic carbocycles. The van der Waals surface area contributed by atoms with Gasteiger partial charge in [0.25, 0.3) is 0 Å². The van der Waals surface area contributed by atoms with Gasteiger partial charge >= 0.3 is 0 Å². The van der Waals surface area contributed by atoms with Crippen LogP contribution in [0.25, 0.3) is 0 Å². The Kier molecular flexibility index (Phi) is 8.17. The number of carbonyl (C=O) groups is 1. The van der Waals surface area contributed by atoms with Crippen LogP contribution >= 0.6 is 23.2 Å². The van der Waals surface area contributed by atoms with Gasteiger partial charge in [-0.3, -0.25) is 4.79 Å². The molecule has 4 rings (SSSR count). The second-order valence-corrected chi connectivity index (χ2v) is 11.7. The maximum atomic E-state index is 13.2. The number of hydrogen-bond acceptors (Lipinski definition) is 3. The van der Waals surface area contributed by atoms with E-state index in [1.165, 1.54) is 4.31 Å². The Morgan fingerprint density at radius 3 is 2.09 bits per heavy atom. The molecule has 184 valence electrons. The minimum Gasteiger partial charge on any atom is -0.345 e. The van der Waals surface area contributed by atoms with Crippen molar-refractivity contribution in [2.75, 3.05) is 13.1 Å². The Morgan fingerprint density at radius 1 is 0.914 bits per heavy atom. The van der Waals surface area contributed by atoms with Gasteiger partial charge in [-0.15, -0.1) is 0 Å². The first-order chi connectivity index (χ1) is 16.7. The van der Waals surface area contributed by atoms with Gasteiger partial charge in [-0.05, 0) is 43.0 Å². The molecule has 0 spiro atoms. The van der Waals surface area contributed by atoms with Gasteiger partial charge in [-0.25, -0.2) is 12.7 Å². The Balaban J connectivity index is 1.43. The number of hydrogen-bond donors (Lipinski definition) is 1. The average Bonchev–Trinajstić information content (AvgIpc) is 2.86. The van der Waals surface area contributed by atoms with E-state index in [0.717, 1.165) is 16.7 Å². The molecular formula is C27H28Cl2N2O3S. The van der Waals surface area contributed by atoms with Crippen LogP contribution in [0.3, 0.4) is 0 Å². The minimum atomic E-state index is -3.61. The number of rotatable bonds is 7. The van der Waals surface area contributed by atoms with Crippen molar-refractivity contribution in [3.63, 3.8) is 0 Å². The zero-order valence-corrected chi connectivity index (χ0v) is 21.8. The van der Waals surface area contributed by atoms with Crippen LogP contribution in [0.2, 0.25) is 10.0 Å². The number of aryl methyl sites for hydroxylation is 1. The molecule has 0 saturated carbocycles. The van der Waals surface area contributed by atoms with Crippen molar-refractivity contribution in [2.24, 2.45) is 5.92 Å². The Bertz CT molecular complexity index is 1250. The van der Waals surface area contributed by atoms with Crippen molar-refractivity contribution in [3.05, 3.63) is 105 Å². The van der Waals surface area contributed by atoms with E-state index in [0.29, 0.717) is 28.5 Å². The summed E-state index contributed by atoms with van der Waals surface area (Å²) in [6, 6.07) is 22.7. The molecule has 1 saturated heterocycles. The highest BCUT2D eigenvalue weighted by atomic mass is 35.5. The van der Waals surface area contributed by atoms with Gasteiger partial charge in [-0.2, -0.15) is 0 Å². The maximum absolute atomic E-state index is 13.2. The van der Waals surface area contributed by atoms with Crippen LogP contribution in [0, 0.1) is 12.8 Å². The molecule has 0 aromatic heterocycles. The lowest BCUT2D eigenvalue weighted by atomic mass is 9.94. The fourth-order valence-corrected chi connectivity index (χ4v) is 6.68. The normalized spacial score (nSPS) is 16.1. The Hall–Kier alpha value is -2.38. The smallest absolute Gasteiger partial charge is 0.223 e. The van der Waals surface area contributed by atoms with Crippen molar-refractivity contribution in [2.45, 2.75) is 31.6 Å². The second kappa shape index (κ2) is 11.1. The maximum Gasteiger partial charge on any atom is 0.223 e. The molecule has 0 unspecified atom stereocenters. The van der Waals surface area contributed by atoms with Crippen molar-refractivity contribution in [3.8, 4) is 0 Å². The lowest BCUT2D eigenvalue weighted by molar-refractivity contribution is -0.126. The molecule has 1 atom stereocenters. The summed E-state index contributed by atoms with van der Waals surface area (Å²) in [7, 11) is -3.61. The average molecular weight is 532 g/mol. The van der Waals surface area contributed by atoms with Crippen molar-refractivity contribution < 1.29 is 13.2 Å². The first kappa shape index (κ1) is 25.7. The predicted molar refractivity (Wildman–Crippen MR) is 141 cm³/mol. The summed E-state index contributed by atoms with van der Waals surface area (Å²) in [5.74, 6) is -0.584. The summed E-state index contributed by atoms with van der Waals surface area (Å²) in [5.41, 5.74) is 3.56. The van der Waals surface area contributed by atoms with Crippen LogP contribution in [0.15, 0.2) is 72.8 Å². The summed E-state index contributed by atoms with van der Waals surface area (Å²) in [4.78, 5) is 13.2. The van der Waals surface area contributed by atoms with Gasteiger partial charge in [0.15, 0.2) is 0 Å². The monoisotopic (exact) mass is 530 g/mol. The van der Waals surface area contributed by atoms with Gasteiger partial charge in [-0.1, -0.05) is 89.4 Å². The molecule has 3 aromatic rings. The van der Waals surface area contributed by atoms with Crippen LogP contribution in [0.4, 0.5) is 0 Å². The van der Waals surface area contributed by atoms with Crippen LogP contribution < -0.4 is 5.32 Å². The molecule has 1 amide bonds. The lowest BCUT2D eigenvalue weighted by Gasteiger charge is -2.32. The first-order valence-electron chi connectivity index (χ1n) is 11.6. The summed E-state index contributed by atoms with van der Waals surface area (Å²) >= 11 is 12.4. The van der Waals surface area contributed by atoms with E-state index in [1.807, 2.05) is 61.5 Å². The third kappa shape index (κ3) is 6.25. The highest BCUT2D eigenvalue weighted by Gasteiger charge is 2.33. The van der Waals surface area contributed by atoms with Crippen molar-refractivity contribution in [1.29, 1.82) is 0 Å². The van der Waals surface area contributed by atoms with Crippen LogP contribution in [-0.2, 0) is 20.6 Å². The molecule has 1 aliphatic heterocycles. The predicted octanol–water partition coefficient (Wildman–Crippen LogP) is 5.75. The molecule has 1 aliphatic rings. The largest absolute Gasteiger partial charge is 0.345 e. The zero-order chi connectivity index (χ0) is 25.0. The molecule has 0 radical (unpaired) electrons. The van der Waals surface area contributed by atoms with Gasteiger partial charge < -0.3 is 5.32 Å². The number of piperidine rings is 1. The van der Waals surface area contributed by atoms with Crippen molar-refractivity contribution in [1.82, 2.24) is 9.62 Å². The summed E-state index contributed by atoms with van der Waals surface area (Å²) in [6.07, 6.45) is 0.910. The number of carbonyl (C=O) groups excluding carboxylic acids is 1. The fraction of sp³-hybridized carbons (Fsp3) is 0.296. The SMILES string of the molecule is Cc1ccc([C@H](NC(=O)C2CCN(S(=O)(=O)Cc3c(Cl)cccc3Cl)CC2)c2ccccc2)cc1. The van der Waals surface area contributed by atoms with Gasteiger partial charge in [0.05, 0.1) is 11.8 Å². The van der Waals surface area contributed by atoms with E-state index in [4.69, 9.17) is 23.2 Å². The molecule has 0 bridgehead atoms. The standard InChI is InChI=1S/C27H28Cl2N2O3S/c1-19-10-12-21(13-11-19)26(20-6-3-2-4-7-20)30-27(32)22-14-16-31(17-15-22)35(33,34)18-23-24(28)8-5-9-25(23)29/h2-13,22,26H,14-18H2,1H3,(H,30,32)/t26-/m1/s1. The third-order valence-electron chi connectivity index (χ3n) is 6.44. The quantitative estimate of drug-likeness (QED) is 0.422. The van der Waals surface area contributed by atoms with E-state index in [-0.39, 0.29) is 36.7 Å². The van der Waals surface area contributed by atoms with E-state index in [1.54, 1.807) is 18.2 Å². The van der Waals surface area contributed by atoms with E-state index < -0.39 is 10.0 Å². The van der Waals surface area contributed by atoms with Crippen molar-refractivity contribution >= 4 is 39.1 Å². The first-order valence-corrected chi connectivity index (χ1v) is 13.9. The fourth-order valence-electron chi connectivity index (χ4n) is 4.36. The summed E-state index contributed by atoms with van der Waals surface area (Å²) in [5, 5.41) is 3.87. The second-order valence-electron chi connectivity index (χ2n) is 8.89. The molecule has 1 heterocycles.